The Morgan fingerprint density at radius 2 is 2.06 bits per heavy atom. The molecule has 0 fully saturated rings. The van der Waals surface area contributed by atoms with Gasteiger partial charge in [-0.2, -0.15) is 0 Å². The zero-order valence-electron chi connectivity index (χ0n) is 8.95. The molecule has 86 valence electrons. The first-order chi connectivity index (χ1) is 7.41. The SMILES string of the molecule is Cc1ccc(Br)cc1C(=O)N[C@@H](C)C(=O)O. The van der Waals surface area contributed by atoms with Crippen molar-refractivity contribution in [3.63, 3.8) is 0 Å². The largest absolute Gasteiger partial charge is 0.480 e. The van der Waals surface area contributed by atoms with Crippen molar-refractivity contribution in [3.05, 3.63) is 33.8 Å². The molecule has 0 heterocycles. The Balaban J connectivity index is 2.88. The lowest BCUT2D eigenvalue weighted by Gasteiger charge is -2.11. The zero-order valence-corrected chi connectivity index (χ0v) is 10.5. The molecular weight excluding hydrogens is 274 g/mol. The molecule has 1 aromatic rings. The van der Waals surface area contributed by atoms with E-state index in [0.29, 0.717) is 5.56 Å². The molecular formula is C11H12BrNO3. The second-order valence-corrected chi connectivity index (χ2v) is 4.41. The van der Waals surface area contributed by atoms with Crippen LogP contribution < -0.4 is 5.32 Å². The highest BCUT2D eigenvalue weighted by atomic mass is 79.9. The number of carboxylic acid groups (broad SMARTS) is 1. The van der Waals surface area contributed by atoms with E-state index in [4.69, 9.17) is 5.11 Å². The van der Waals surface area contributed by atoms with Crippen molar-refractivity contribution >= 4 is 27.8 Å². The van der Waals surface area contributed by atoms with Gasteiger partial charge in [-0.25, -0.2) is 0 Å². The molecule has 1 aromatic carbocycles. The lowest BCUT2D eigenvalue weighted by Crippen LogP contribution is -2.38. The number of nitrogens with one attached hydrogen (secondary N) is 1. The molecule has 4 nitrogen and oxygen atoms in total. The molecule has 0 spiro atoms. The number of aliphatic carboxylic acids is 1. The summed E-state index contributed by atoms with van der Waals surface area (Å²) in [5.41, 5.74) is 1.28. The molecule has 0 saturated heterocycles. The van der Waals surface area contributed by atoms with Crippen LogP contribution in [-0.4, -0.2) is 23.0 Å². The van der Waals surface area contributed by atoms with Gasteiger partial charge in [-0.3, -0.25) is 9.59 Å². The number of aryl methyl sites for hydroxylation is 1. The molecule has 1 amide bonds. The summed E-state index contributed by atoms with van der Waals surface area (Å²) in [6.45, 7) is 3.22. The first-order valence-electron chi connectivity index (χ1n) is 4.71. The van der Waals surface area contributed by atoms with E-state index < -0.39 is 12.0 Å². The van der Waals surface area contributed by atoms with Gasteiger partial charge >= 0.3 is 5.97 Å². The number of amides is 1. The van der Waals surface area contributed by atoms with E-state index in [1.54, 1.807) is 19.1 Å². The Kier molecular flexibility index (Phi) is 4.06. The summed E-state index contributed by atoms with van der Waals surface area (Å²) in [6.07, 6.45) is 0. The first kappa shape index (κ1) is 12.7. The van der Waals surface area contributed by atoms with Crippen molar-refractivity contribution < 1.29 is 14.7 Å². The van der Waals surface area contributed by atoms with Crippen molar-refractivity contribution in [3.8, 4) is 0 Å². The molecule has 0 unspecified atom stereocenters. The average Bonchev–Trinajstić information content (AvgIpc) is 2.21. The van der Waals surface area contributed by atoms with Gasteiger partial charge in [0.1, 0.15) is 6.04 Å². The maximum atomic E-state index is 11.7. The van der Waals surface area contributed by atoms with Gasteiger partial charge < -0.3 is 10.4 Å². The highest BCUT2D eigenvalue weighted by Gasteiger charge is 2.16. The first-order valence-corrected chi connectivity index (χ1v) is 5.51. The van der Waals surface area contributed by atoms with Crippen LogP contribution in [0.5, 0.6) is 0 Å². The van der Waals surface area contributed by atoms with E-state index in [2.05, 4.69) is 21.2 Å². The fourth-order valence-corrected chi connectivity index (χ4v) is 1.54. The molecule has 0 aliphatic heterocycles. The van der Waals surface area contributed by atoms with Gasteiger partial charge in [-0.05, 0) is 31.5 Å². The van der Waals surface area contributed by atoms with Crippen LogP contribution in [0.2, 0.25) is 0 Å². The lowest BCUT2D eigenvalue weighted by atomic mass is 10.1. The quantitative estimate of drug-likeness (QED) is 0.892. The molecule has 0 aliphatic carbocycles. The van der Waals surface area contributed by atoms with Crippen LogP contribution in [0.3, 0.4) is 0 Å². The van der Waals surface area contributed by atoms with Crippen LogP contribution in [0.25, 0.3) is 0 Å². The van der Waals surface area contributed by atoms with E-state index in [9.17, 15) is 9.59 Å². The Morgan fingerprint density at radius 1 is 1.44 bits per heavy atom. The molecule has 1 rings (SSSR count). The lowest BCUT2D eigenvalue weighted by molar-refractivity contribution is -0.138. The van der Waals surface area contributed by atoms with Gasteiger partial charge in [0.05, 0.1) is 0 Å². The van der Waals surface area contributed by atoms with Crippen LogP contribution in [0, 0.1) is 6.92 Å². The molecule has 0 radical (unpaired) electrons. The van der Waals surface area contributed by atoms with Crippen molar-refractivity contribution in [2.75, 3.05) is 0 Å². The van der Waals surface area contributed by atoms with Crippen LogP contribution in [0.1, 0.15) is 22.8 Å². The molecule has 5 heteroatoms. The minimum atomic E-state index is -1.05. The third kappa shape index (κ3) is 3.06. The molecule has 0 aliphatic rings. The van der Waals surface area contributed by atoms with Crippen molar-refractivity contribution in [2.24, 2.45) is 0 Å². The summed E-state index contributed by atoms with van der Waals surface area (Å²) in [5.74, 6) is -1.44. The summed E-state index contributed by atoms with van der Waals surface area (Å²) >= 11 is 3.26. The number of hydrogen-bond acceptors (Lipinski definition) is 2. The molecule has 2 N–H and O–H groups in total. The maximum absolute atomic E-state index is 11.7. The van der Waals surface area contributed by atoms with E-state index in [1.807, 2.05) is 6.07 Å². The summed E-state index contributed by atoms with van der Waals surface area (Å²) < 4.78 is 0.784. The fraction of sp³-hybridized carbons (Fsp3) is 0.273. The van der Waals surface area contributed by atoms with Crippen LogP contribution >= 0.6 is 15.9 Å². The Morgan fingerprint density at radius 3 is 2.62 bits per heavy atom. The fourth-order valence-electron chi connectivity index (χ4n) is 1.17. The Bertz CT molecular complexity index is 431. The standard InChI is InChI=1S/C11H12BrNO3/c1-6-3-4-8(12)5-9(6)10(14)13-7(2)11(15)16/h3-5,7H,1-2H3,(H,13,14)(H,15,16)/t7-/m0/s1. The molecule has 1 atom stereocenters. The minimum absolute atomic E-state index is 0.381. The minimum Gasteiger partial charge on any atom is -0.480 e. The zero-order chi connectivity index (χ0) is 12.3. The smallest absolute Gasteiger partial charge is 0.325 e. The van der Waals surface area contributed by atoms with Gasteiger partial charge in [-0.1, -0.05) is 22.0 Å². The van der Waals surface area contributed by atoms with Crippen LogP contribution in [-0.2, 0) is 4.79 Å². The maximum Gasteiger partial charge on any atom is 0.325 e. The predicted molar refractivity (Wildman–Crippen MR) is 63.4 cm³/mol. The molecule has 0 saturated carbocycles. The monoisotopic (exact) mass is 285 g/mol. The molecule has 0 bridgehead atoms. The third-order valence-electron chi connectivity index (χ3n) is 2.16. The predicted octanol–water partition coefficient (Wildman–Crippen LogP) is 1.96. The van der Waals surface area contributed by atoms with Crippen LogP contribution in [0.4, 0.5) is 0 Å². The van der Waals surface area contributed by atoms with E-state index >= 15 is 0 Å². The van der Waals surface area contributed by atoms with Gasteiger partial charge in [0.2, 0.25) is 0 Å². The number of hydrogen-bond donors (Lipinski definition) is 2. The number of carboxylic acids is 1. The highest BCUT2D eigenvalue weighted by Crippen LogP contribution is 2.16. The summed E-state index contributed by atoms with van der Waals surface area (Å²) in [6, 6.07) is 4.39. The summed E-state index contributed by atoms with van der Waals surface area (Å²) in [7, 11) is 0. The Labute approximate surface area is 102 Å². The van der Waals surface area contributed by atoms with E-state index in [1.165, 1.54) is 6.92 Å². The summed E-state index contributed by atoms with van der Waals surface area (Å²) in [4.78, 5) is 22.3. The number of halogens is 1. The number of carbonyl (C=O) groups excluding carboxylic acids is 1. The van der Waals surface area contributed by atoms with Crippen LogP contribution in [0.15, 0.2) is 22.7 Å². The van der Waals surface area contributed by atoms with Gasteiger partial charge in [-0.15, -0.1) is 0 Å². The van der Waals surface area contributed by atoms with E-state index in [-0.39, 0.29) is 5.91 Å². The van der Waals surface area contributed by atoms with Gasteiger partial charge in [0, 0.05) is 10.0 Å². The Hall–Kier alpha value is -1.36. The number of rotatable bonds is 3. The molecule has 16 heavy (non-hydrogen) atoms. The second kappa shape index (κ2) is 5.12. The topological polar surface area (TPSA) is 66.4 Å². The van der Waals surface area contributed by atoms with Gasteiger partial charge in [0.15, 0.2) is 0 Å². The average molecular weight is 286 g/mol. The van der Waals surface area contributed by atoms with Crippen molar-refractivity contribution in [2.45, 2.75) is 19.9 Å². The van der Waals surface area contributed by atoms with Gasteiger partial charge in [0.25, 0.3) is 5.91 Å². The van der Waals surface area contributed by atoms with Crippen molar-refractivity contribution in [1.29, 1.82) is 0 Å². The number of carbonyl (C=O) groups is 2. The second-order valence-electron chi connectivity index (χ2n) is 3.49. The number of benzene rings is 1. The van der Waals surface area contributed by atoms with Crippen molar-refractivity contribution in [1.82, 2.24) is 5.32 Å². The summed E-state index contributed by atoms with van der Waals surface area (Å²) in [5, 5.41) is 11.1. The highest BCUT2D eigenvalue weighted by molar-refractivity contribution is 9.10. The normalized spacial score (nSPS) is 11.9. The molecule has 0 aromatic heterocycles. The van der Waals surface area contributed by atoms with E-state index in [0.717, 1.165) is 10.0 Å². The third-order valence-corrected chi connectivity index (χ3v) is 2.66.